The first-order valence-corrected chi connectivity index (χ1v) is 4.50. The molecule has 0 radical (unpaired) electrons. The van der Waals surface area contributed by atoms with Gasteiger partial charge in [-0.1, -0.05) is 0 Å². The summed E-state index contributed by atoms with van der Waals surface area (Å²) in [5, 5.41) is 23.5. The molecule has 0 fully saturated rings. The number of hydrogen-bond donors (Lipinski definition) is 5. The number of aliphatic hydroxyl groups is 3. The minimum atomic E-state index is -4.45. The predicted octanol–water partition coefficient (Wildman–Crippen LogP) is -2.78. The van der Waals surface area contributed by atoms with Crippen LogP contribution in [0.3, 0.4) is 0 Å². The minimum absolute atomic E-state index is 0.512. The molecule has 1 unspecified atom stereocenters. The highest BCUT2D eigenvalue weighted by molar-refractivity contribution is 7.86. The van der Waals surface area contributed by atoms with Crippen molar-refractivity contribution in [3.8, 4) is 0 Å². The van der Waals surface area contributed by atoms with Gasteiger partial charge in [0.15, 0.2) is 0 Å². The number of nitrogens with two attached hydrogens (primary N) is 1. The van der Waals surface area contributed by atoms with Gasteiger partial charge in [-0.2, -0.15) is 8.42 Å². The average molecular weight is 201 g/mol. The van der Waals surface area contributed by atoms with E-state index < -0.39 is 34.3 Å². The first-order chi connectivity index (χ1) is 5.17. The number of hydrogen-bond acceptors (Lipinski definition) is 6. The highest BCUT2D eigenvalue weighted by Crippen LogP contribution is 2.10. The molecular weight excluding hydrogens is 190 g/mol. The van der Waals surface area contributed by atoms with Crippen LogP contribution in [0.2, 0.25) is 0 Å². The Hall–Kier alpha value is -0.250. The van der Waals surface area contributed by atoms with E-state index in [9.17, 15) is 8.42 Å². The Morgan fingerprint density at radius 1 is 1.33 bits per heavy atom. The number of rotatable bonds is 4. The van der Waals surface area contributed by atoms with Gasteiger partial charge in [0.25, 0.3) is 16.1 Å². The van der Waals surface area contributed by atoms with Gasteiger partial charge in [-0.05, 0) is 0 Å². The van der Waals surface area contributed by atoms with Crippen LogP contribution in [-0.4, -0.2) is 46.1 Å². The molecule has 0 aromatic carbocycles. The standard InChI is InChI=1S/C4H11NO6S/c5-2-3(12(9,10)11)1-4(6,7)8/h3,6-8H,1-2,5H2,(H,9,10,11). The molecule has 12 heavy (non-hydrogen) atoms. The lowest BCUT2D eigenvalue weighted by atomic mass is 10.3. The molecule has 0 spiro atoms. The normalized spacial score (nSPS) is 16.1. The highest BCUT2D eigenvalue weighted by atomic mass is 32.2. The first-order valence-electron chi connectivity index (χ1n) is 3.00. The van der Waals surface area contributed by atoms with Crippen molar-refractivity contribution >= 4 is 10.1 Å². The average Bonchev–Trinajstić information content (AvgIpc) is 1.78. The van der Waals surface area contributed by atoms with Gasteiger partial charge >= 0.3 is 0 Å². The molecule has 0 aromatic heterocycles. The second-order valence-electron chi connectivity index (χ2n) is 2.35. The van der Waals surface area contributed by atoms with Crippen molar-refractivity contribution in [3.63, 3.8) is 0 Å². The van der Waals surface area contributed by atoms with Gasteiger partial charge in [0.1, 0.15) is 5.25 Å². The van der Waals surface area contributed by atoms with E-state index in [0.29, 0.717) is 0 Å². The third-order valence-corrected chi connectivity index (χ3v) is 2.39. The summed E-state index contributed by atoms with van der Waals surface area (Å²) in [5.74, 6) is -3.14. The van der Waals surface area contributed by atoms with E-state index in [4.69, 9.17) is 25.6 Å². The lowest BCUT2D eigenvalue weighted by Crippen LogP contribution is -2.39. The van der Waals surface area contributed by atoms with Crippen LogP contribution in [0.25, 0.3) is 0 Å². The van der Waals surface area contributed by atoms with E-state index in [1.807, 2.05) is 0 Å². The van der Waals surface area contributed by atoms with Crippen LogP contribution in [0.1, 0.15) is 6.42 Å². The first kappa shape index (κ1) is 11.8. The Morgan fingerprint density at radius 3 is 1.83 bits per heavy atom. The molecule has 0 aliphatic heterocycles. The van der Waals surface area contributed by atoms with Crippen molar-refractivity contribution in [1.29, 1.82) is 0 Å². The Labute approximate surface area is 69.2 Å². The van der Waals surface area contributed by atoms with Crippen molar-refractivity contribution < 1.29 is 28.3 Å². The summed E-state index contributed by atoms with van der Waals surface area (Å²) in [6, 6.07) is 0. The monoisotopic (exact) mass is 201 g/mol. The van der Waals surface area contributed by atoms with Crippen LogP contribution < -0.4 is 5.73 Å². The van der Waals surface area contributed by atoms with Gasteiger partial charge in [-0.3, -0.25) is 4.55 Å². The van der Waals surface area contributed by atoms with E-state index in [1.54, 1.807) is 0 Å². The molecule has 6 N–H and O–H groups in total. The fraction of sp³-hybridized carbons (Fsp3) is 1.00. The summed E-state index contributed by atoms with van der Waals surface area (Å²) in [7, 11) is -4.45. The molecule has 74 valence electrons. The van der Waals surface area contributed by atoms with Gasteiger partial charge in [0.2, 0.25) is 0 Å². The van der Waals surface area contributed by atoms with E-state index in [1.165, 1.54) is 0 Å². The maximum absolute atomic E-state index is 10.4. The molecule has 1 atom stereocenters. The van der Waals surface area contributed by atoms with Gasteiger partial charge in [0, 0.05) is 13.0 Å². The molecule has 0 rings (SSSR count). The fourth-order valence-corrected chi connectivity index (χ4v) is 1.29. The zero-order chi connectivity index (χ0) is 9.99. The zero-order valence-corrected chi connectivity index (χ0v) is 6.90. The third kappa shape index (κ3) is 4.59. The van der Waals surface area contributed by atoms with Gasteiger partial charge < -0.3 is 21.1 Å². The van der Waals surface area contributed by atoms with Gasteiger partial charge in [-0.15, -0.1) is 0 Å². The third-order valence-electron chi connectivity index (χ3n) is 1.19. The van der Waals surface area contributed by atoms with E-state index in [2.05, 4.69) is 0 Å². The molecular formula is C4H11NO6S. The van der Waals surface area contributed by atoms with Crippen LogP contribution in [0, 0.1) is 0 Å². The van der Waals surface area contributed by atoms with Crippen molar-refractivity contribution in [3.05, 3.63) is 0 Å². The van der Waals surface area contributed by atoms with Gasteiger partial charge in [0.05, 0.1) is 0 Å². The quantitative estimate of drug-likeness (QED) is 0.245. The Morgan fingerprint density at radius 2 is 1.75 bits per heavy atom. The smallest absolute Gasteiger partial charge is 0.276 e. The molecule has 0 aromatic rings. The van der Waals surface area contributed by atoms with E-state index in [-0.39, 0.29) is 0 Å². The van der Waals surface area contributed by atoms with Crippen LogP contribution in [0.4, 0.5) is 0 Å². The van der Waals surface area contributed by atoms with Crippen LogP contribution in [0.15, 0.2) is 0 Å². The SMILES string of the molecule is NCC(CC(O)(O)O)S(=O)(=O)O. The Bertz CT molecular complexity index is 228. The molecule has 8 heteroatoms. The van der Waals surface area contributed by atoms with Crippen molar-refractivity contribution in [2.75, 3.05) is 6.54 Å². The Kier molecular flexibility index (Phi) is 3.57. The topological polar surface area (TPSA) is 141 Å². The largest absolute Gasteiger partial charge is 0.344 e. The second kappa shape index (κ2) is 3.64. The molecule has 0 heterocycles. The molecule has 0 aliphatic carbocycles. The van der Waals surface area contributed by atoms with Crippen LogP contribution in [0.5, 0.6) is 0 Å². The van der Waals surface area contributed by atoms with Crippen LogP contribution in [-0.2, 0) is 10.1 Å². The van der Waals surface area contributed by atoms with Crippen molar-refractivity contribution in [2.45, 2.75) is 17.6 Å². The van der Waals surface area contributed by atoms with Crippen molar-refractivity contribution in [2.24, 2.45) is 5.73 Å². The summed E-state index contributed by atoms with van der Waals surface area (Å²) in [5.41, 5.74) is 4.89. The maximum Gasteiger partial charge on any atom is 0.276 e. The molecule has 0 saturated carbocycles. The maximum atomic E-state index is 10.4. The molecule has 0 amide bonds. The fourth-order valence-electron chi connectivity index (χ4n) is 0.616. The summed E-state index contributed by atoms with van der Waals surface area (Å²) < 4.78 is 29.2. The molecule has 0 aliphatic rings. The predicted molar refractivity (Wildman–Crippen MR) is 38.4 cm³/mol. The van der Waals surface area contributed by atoms with Gasteiger partial charge in [-0.25, -0.2) is 0 Å². The van der Waals surface area contributed by atoms with Crippen molar-refractivity contribution in [1.82, 2.24) is 0 Å². The highest BCUT2D eigenvalue weighted by Gasteiger charge is 2.31. The summed E-state index contributed by atoms with van der Waals surface area (Å²) in [6.07, 6.45) is -0.956. The molecule has 7 nitrogen and oxygen atoms in total. The zero-order valence-electron chi connectivity index (χ0n) is 6.08. The minimum Gasteiger partial charge on any atom is -0.344 e. The van der Waals surface area contributed by atoms with Crippen LogP contribution >= 0.6 is 0 Å². The summed E-state index contributed by atoms with van der Waals surface area (Å²) in [6.45, 7) is -0.512. The lowest BCUT2D eigenvalue weighted by Gasteiger charge is -2.18. The van der Waals surface area contributed by atoms with E-state index >= 15 is 0 Å². The second-order valence-corrected chi connectivity index (χ2v) is 4.05. The van der Waals surface area contributed by atoms with E-state index in [0.717, 1.165) is 0 Å². The summed E-state index contributed by atoms with van der Waals surface area (Å²) in [4.78, 5) is 0. The Balaban J connectivity index is 4.41. The summed E-state index contributed by atoms with van der Waals surface area (Å²) >= 11 is 0. The molecule has 0 saturated heterocycles. The lowest BCUT2D eigenvalue weighted by molar-refractivity contribution is -0.314. The molecule has 0 bridgehead atoms.